The molecule has 0 aliphatic carbocycles. The second kappa shape index (κ2) is 5.09. The maximum atomic E-state index is 9.35. The SMILES string of the molecule is Nc1ccccc1Cn1ccnc1-c1ccc(O)cc1. The molecule has 0 fully saturated rings. The average Bonchev–Trinajstić information content (AvgIpc) is 2.90. The number of nitrogen functional groups attached to an aromatic ring is 1. The van der Waals surface area contributed by atoms with E-state index in [1.807, 2.05) is 47.2 Å². The van der Waals surface area contributed by atoms with Crippen LogP contribution in [-0.4, -0.2) is 14.7 Å². The number of hydrogen-bond acceptors (Lipinski definition) is 3. The van der Waals surface area contributed by atoms with Gasteiger partial charge in [0, 0.05) is 23.6 Å². The van der Waals surface area contributed by atoms with Gasteiger partial charge in [0.1, 0.15) is 11.6 Å². The lowest BCUT2D eigenvalue weighted by atomic mass is 10.1. The minimum absolute atomic E-state index is 0.249. The average molecular weight is 265 g/mol. The van der Waals surface area contributed by atoms with Crippen molar-refractivity contribution < 1.29 is 5.11 Å². The van der Waals surface area contributed by atoms with Crippen LogP contribution in [0.4, 0.5) is 5.69 Å². The molecule has 0 saturated carbocycles. The first-order valence-electron chi connectivity index (χ1n) is 6.38. The Bertz CT molecular complexity index is 717. The lowest BCUT2D eigenvalue weighted by Crippen LogP contribution is -2.03. The Morgan fingerprint density at radius 3 is 2.55 bits per heavy atom. The van der Waals surface area contributed by atoms with Gasteiger partial charge < -0.3 is 15.4 Å². The zero-order valence-corrected chi connectivity index (χ0v) is 10.9. The molecular formula is C16H15N3O. The standard InChI is InChI=1S/C16H15N3O/c17-15-4-2-1-3-13(15)11-19-10-9-18-16(19)12-5-7-14(20)8-6-12/h1-10,20H,11,17H2. The van der Waals surface area contributed by atoms with Crippen LogP contribution in [0.25, 0.3) is 11.4 Å². The van der Waals surface area contributed by atoms with Crippen LogP contribution in [0, 0.1) is 0 Å². The van der Waals surface area contributed by atoms with Crippen LogP contribution in [0.3, 0.4) is 0 Å². The Kier molecular flexibility index (Phi) is 3.13. The lowest BCUT2D eigenvalue weighted by Gasteiger charge is -2.10. The van der Waals surface area contributed by atoms with Gasteiger partial charge in [-0.05, 0) is 35.9 Å². The maximum Gasteiger partial charge on any atom is 0.140 e. The van der Waals surface area contributed by atoms with Crippen molar-refractivity contribution in [3.05, 3.63) is 66.5 Å². The summed E-state index contributed by atoms with van der Waals surface area (Å²) in [6, 6.07) is 14.8. The number of phenolic OH excluding ortho intramolecular Hbond substituents is 1. The van der Waals surface area contributed by atoms with E-state index in [0.29, 0.717) is 6.54 Å². The summed E-state index contributed by atoms with van der Waals surface area (Å²) in [4.78, 5) is 4.38. The van der Waals surface area contributed by atoms with Gasteiger partial charge in [-0.15, -0.1) is 0 Å². The second-order valence-electron chi connectivity index (χ2n) is 4.62. The fraction of sp³-hybridized carbons (Fsp3) is 0.0625. The molecule has 2 aromatic carbocycles. The number of phenols is 1. The number of anilines is 1. The van der Waals surface area contributed by atoms with Crippen LogP contribution in [-0.2, 0) is 6.54 Å². The topological polar surface area (TPSA) is 64.1 Å². The van der Waals surface area contributed by atoms with Crippen LogP contribution < -0.4 is 5.73 Å². The number of imidazole rings is 1. The number of benzene rings is 2. The molecule has 1 aromatic heterocycles. The predicted molar refractivity (Wildman–Crippen MR) is 79.3 cm³/mol. The zero-order chi connectivity index (χ0) is 13.9. The largest absolute Gasteiger partial charge is 0.508 e. The normalized spacial score (nSPS) is 10.6. The summed E-state index contributed by atoms with van der Waals surface area (Å²) in [7, 11) is 0. The fourth-order valence-electron chi connectivity index (χ4n) is 2.17. The molecule has 0 radical (unpaired) electrons. The molecule has 0 amide bonds. The van der Waals surface area contributed by atoms with Gasteiger partial charge in [-0.2, -0.15) is 0 Å². The highest BCUT2D eigenvalue weighted by atomic mass is 16.3. The van der Waals surface area contributed by atoms with Crippen LogP contribution in [0.1, 0.15) is 5.56 Å². The van der Waals surface area contributed by atoms with Crippen LogP contribution in [0.5, 0.6) is 5.75 Å². The third kappa shape index (κ3) is 2.36. The molecule has 3 aromatic rings. The number of aromatic hydroxyl groups is 1. The van der Waals surface area contributed by atoms with Gasteiger partial charge in [-0.1, -0.05) is 18.2 Å². The van der Waals surface area contributed by atoms with Gasteiger partial charge in [-0.3, -0.25) is 0 Å². The molecule has 0 saturated heterocycles. The molecule has 4 heteroatoms. The van der Waals surface area contributed by atoms with E-state index in [4.69, 9.17) is 5.73 Å². The maximum absolute atomic E-state index is 9.35. The lowest BCUT2D eigenvalue weighted by molar-refractivity contribution is 0.475. The van der Waals surface area contributed by atoms with Crippen molar-refractivity contribution in [1.29, 1.82) is 0 Å². The molecule has 20 heavy (non-hydrogen) atoms. The van der Waals surface area contributed by atoms with Crippen LogP contribution in [0.2, 0.25) is 0 Å². The van der Waals surface area contributed by atoms with E-state index in [2.05, 4.69) is 4.98 Å². The highest BCUT2D eigenvalue weighted by Crippen LogP contribution is 2.22. The molecule has 1 heterocycles. The van der Waals surface area contributed by atoms with Crippen LogP contribution in [0.15, 0.2) is 60.9 Å². The fourth-order valence-corrected chi connectivity index (χ4v) is 2.17. The van der Waals surface area contributed by atoms with Crippen molar-refractivity contribution in [2.45, 2.75) is 6.54 Å². The smallest absolute Gasteiger partial charge is 0.140 e. The molecule has 0 unspecified atom stereocenters. The van der Waals surface area contributed by atoms with Crippen molar-refractivity contribution in [3.8, 4) is 17.1 Å². The minimum Gasteiger partial charge on any atom is -0.508 e. The Balaban J connectivity index is 1.95. The first-order chi connectivity index (χ1) is 9.74. The quantitative estimate of drug-likeness (QED) is 0.716. The summed E-state index contributed by atoms with van der Waals surface area (Å²) in [6.45, 7) is 0.670. The highest BCUT2D eigenvalue weighted by molar-refractivity contribution is 5.57. The molecule has 3 N–H and O–H groups in total. The molecular weight excluding hydrogens is 250 g/mol. The van der Waals surface area contributed by atoms with Crippen molar-refractivity contribution in [3.63, 3.8) is 0 Å². The Labute approximate surface area is 117 Å². The van der Waals surface area contributed by atoms with Crippen LogP contribution >= 0.6 is 0 Å². The van der Waals surface area contributed by atoms with Gasteiger partial charge in [-0.25, -0.2) is 4.98 Å². The third-order valence-corrected chi connectivity index (χ3v) is 3.24. The number of aromatic nitrogens is 2. The number of nitrogens with zero attached hydrogens (tertiary/aromatic N) is 2. The van der Waals surface area contributed by atoms with E-state index in [1.165, 1.54) is 0 Å². The second-order valence-corrected chi connectivity index (χ2v) is 4.62. The van der Waals surface area contributed by atoms with Crippen molar-refractivity contribution >= 4 is 5.69 Å². The van der Waals surface area contributed by atoms with E-state index in [-0.39, 0.29) is 5.75 Å². The van der Waals surface area contributed by atoms with Crippen molar-refractivity contribution in [2.24, 2.45) is 0 Å². The molecule has 0 aliphatic heterocycles. The van der Waals surface area contributed by atoms with Gasteiger partial charge in [0.2, 0.25) is 0 Å². The Morgan fingerprint density at radius 1 is 1.05 bits per heavy atom. The first kappa shape index (κ1) is 12.3. The number of nitrogens with two attached hydrogens (primary N) is 1. The summed E-state index contributed by atoms with van der Waals surface area (Å²) < 4.78 is 2.04. The molecule has 0 aliphatic rings. The Hall–Kier alpha value is -2.75. The summed E-state index contributed by atoms with van der Waals surface area (Å²) in [5.41, 5.74) is 8.78. The van der Waals surface area contributed by atoms with E-state index in [9.17, 15) is 5.11 Å². The van der Waals surface area contributed by atoms with Crippen molar-refractivity contribution in [2.75, 3.05) is 5.73 Å². The van der Waals surface area contributed by atoms with E-state index >= 15 is 0 Å². The first-order valence-corrected chi connectivity index (χ1v) is 6.38. The predicted octanol–water partition coefficient (Wildman–Crippen LogP) is 2.89. The summed E-state index contributed by atoms with van der Waals surface area (Å²) in [6.07, 6.45) is 3.69. The number of rotatable bonds is 3. The van der Waals surface area contributed by atoms with Gasteiger partial charge in [0.25, 0.3) is 0 Å². The summed E-state index contributed by atoms with van der Waals surface area (Å²) in [5, 5.41) is 9.35. The molecule has 3 rings (SSSR count). The van der Waals surface area contributed by atoms with E-state index in [0.717, 1.165) is 22.6 Å². The molecule has 0 spiro atoms. The van der Waals surface area contributed by atoms with Crippen molar-refractivity contribution in [1.82, 2.24) is 9.55 Å². The van der Waals surface area contributed by atoms with Gasteiger partial charge in [0.15, 0.2) is 0 Å². The molecule has 4 nitrogen and oxygen atoms in total. The third-order valence-electron chi connectivity index (χ3n) is 3.24. The summed E-state index contributed by atoms with van der Waals surface area (Å²) in [5.74, 6) is 1.10. The van der Waals surface area contributed by atoms with Gasteiger partial charge in [0.05, 0.1) is 6.54 Å². The van der Waals surface area contributed by atoms with E-state index < -0.39 is 0 Å². The monoisotopic (exact) mass is 265 g/mol. The number of hydrogen-bond donors (Lipinski definition) is 2. The van der Waals surface area contributed by atoms with E-state index in [1.54, 1.807) is 18.3 Å². The molecule has 100 valence electrons. The minimum atomic E-state index is 0.249. The summed E-state index contributed by atoms with van der Waals surface area (Å²) >= 11 is 0. The molecule has 0 bridgehead atoms. The highest BCUT2D eigenvalue weighted by Gasteiger charge is 2.07. The number of para-hydroxylation sites is 1. The molecule has 0 atom stereocenters. The zero-order valence-electron chi connectivity index (χ0n) is 10.9. The Morgan fingerprint density at radius 2 is 1.80 bits per heavy atom. The van der Waals surface area contributed by atoms with Gasteiger partial charge >= 0.3 is 0 Å².